The van der Waals surface area contributed by atoms with E-state index in [1.165, 1.54) is 0 Å². The molecular weight excluding hydrogens is 276 g/mol. The van der Waals surface area contributed by atoms with Crippen molar-refractivity contribution in [2.75, 3.05) is 10.6 Å². The molecule has 2 amide bonds. The summed E-state index contributed by atoms with van der Waals surface area (Å²) in [7, 11) is 0. The lowest BCUT2D eigenvalue weighted by Gasteiger charge is -2.07. The lowest BCUT2D eigenvalue weighted by molar-refractivity contribution is 0.262. The summed E-state index contributed by atoms with van der Waals surface area (Å²) in [4.78, 5) is 19.7. The minimum Gasteiger partial charge on any atom is -0.308 e. The van der Waals surface area contributed by atoms with Crippen LogP contribution in [0.15, 0.2) is 73.1 Å². The topological polar surface area (TPSA) is 66.9 Å². The average Bonchev–Trinajstić information content (AvgIpc) is 2.57. The zero-order valence-electron chi connectivity index (χ0n) is 11.7. The number of anilines is 2. The van der Waals surface area contributed by atoms with Crippen LogP contribution in [0, 0.1) is 0 Å². The number of carbonyl (C=O) groups excluding carboxylic acids is 1. The van der Waals surface area contributed by atoms with Crippen LogP contribution in [0.4, 0.5) is 16.4 Å². The highest BCUT2D eigenvalue weighted by atomic mass is 16.2. The molecule has 0 aliphatic carbocycles. The molecule has 108 valence electrons. The van der Waals surface area contributed by atoms with E-state index in [1.807, 2.05) is 54.6 Å². The molecule has 1 heterocycles. The van der Waals surface area contributed by atoms with Crippen molar-refractivity contribution in [2.24, 2.45) is 0 Å². The fourth-order valence-electron chi connectivity index (χ4n) is 2.00. The Labute approximate surface area is 128 Å². The molecule has 0 bridgehead atoms. The average molecular weight is 290 g/mol. The number of amides is 2. The minimum atomic E-state index is -0.376. The van der Waals surface area contributed by atoms with Crippen LogP contribution < -0.4 is 10.6 Å². The van der Waals surface area contributed by atoms with E-state index in [-0.39, 0.29) is 12.0 Å². The Morgan fingerprint density at radius 3 is 2.05 bits per heavy atom. The zero-order chi connectivity index (χ0) is 15.2. The number of rotatable bonds is 3. The van der Waals surface area contributed by atoms with Crippen molar-refractivity contribution in [3.8, 4) is 11.1 Å². The maximum atomic E-state index is 11.8. The third kappa shape index (κ3) is 3.46. The van der Waals surface area contributed by atoms with Crippen LogP contribution in [0.1, 0.15) is 0 Å². The van der Waals surface area contributed by atoms with Crippen LogP contribution in [-0.4, -0.2) is 16.0 Å². The number of benzene rings is 2. The van der Waals surface area contributed by atoms with Gasteiger partial charge < -0.3 is 5.32 Å². The van der Waals surface area contributed by atoms with Crippen LogP contribution in [0.5, 0.6) is 0 Å². The highest BCUT2D eigenvalue weighted by molar-refractivity contribution is 5.98. The molecule has 0 radical (unpaired) electrons. The lowest BCUT2D eigenvalue weighted by atomic mass is 10.1. The zero-order valence-corrected chi connectivity index (χ0v) is 11.7. The normalized spacial score (nSPS) is 10.0. The summed E-state index contributed by atoms with van der Waals surface area (Å²) in [6, 6.07) is 19.0. The summed E-state index contributed by atoms with van der Waals surface area (Å²) in [5.41, 5.74) is 2.93. The van der Waals surface area contributed by atoms with E-state index in [0.29, 0.717) is 5.69 Å². The summed E-state index contributed by atoms with van der Waals surface area (Å²) in [6.45, 7) is 0. The van der Waals surface area contributed by atoms with Crippen LogP contribution in [0.25, 0.3) is 11.1 Å². The fraction of sp³-hybridized carbons (Fsp3) is 0. The number of urea groups is 1. The number of carbonyl (C=O) groups is 1. The maximum Gasteiger partial charge on any atom is 0.326 e. The molecular formula is C17H14N4O. The van der Waals surface area contributed by atoms with E-state index in [1.54, 1.807) is 18.5 Å². The first-order valence-electron chi connectivity index (χ1n) is 6.82. The van der Waals surface area contributed by atoms with Crippen LogP contribution in [-0.2, 0) is 0 Å². The fourth-order valence-corrected chi connectivity index (χ4v) is 2.00. The molecule has 1 aromatic heterocycles. The van der Waals surface area contributed by atoms with Crippen LogP contribution in [0.3, 0.4) is 0 Å². The number of hydrogen-bond acceptors (Lipinski definition) is 3. The summed E-state index contributed by atoms with van der Waals surface area (Å²) in [6.07, 6.45) is 3.13. The van der Waals surface area contributed by atoms with Crippen molar-refractivity contribution in [3.63, 3.8) is 0 Å². The van der Waals surface area contributed by atoms with Gasteiger partial charge in [0.2, 0.25) is 5.95 Å². The highest BCUT2D eigenvalue weighted by Gasteiger charge is 2.04. The van der Waals surface area contributed by atoms with Gasteiger partial charge in [-0.15, -0.1) is 0 Å². The molecule has 3 rings (SSSR count). The first-order valence-corrected chi connectivity index (χ1v) is 6.82. The smallest absolute Gasteiger partial charge is 0.308 e. The molecule has 2 N–H and O–H groups in total. The Morgan fingerprint density at radius 2 is 1.36 bits per heavy atom. The summed E-state index contributed by atoms with van der Waals surface area (Å²) in [5.74, 6) is 0.265. The molecule has 22 heavy (non-hydrogen) atoms. The van der Waals surface area contributed by atoms with E-state index < -0.39 is 0 Å². The second kappa shape index (κ2) is 6.49. The van der Waals surface area contributed by atoms with Crippen LogP contribution in [0.2, 0.25) is 0 Å². The van der Waals surface area contributed by atoms with E-state index in [9.17, 15) is 4.79 Å². The van der Waals surface area contributed by atoms with E-state index >= 15 is 0 Å². The van der Waals surface area contributed by atoms with Gasteiger partial charge in [-0.05, 0) is 29.3 Å². The predicted molar refractivity (Wildman–Crippen MR) is 86.6 cm³/mol. The molecule has 0 aliphatic heterocycles. The Hall–Kier alpha value is -3.21. The molecule has 0 aliphatic rings. The molecule has 0 saturated heterocycles. The van der Waals surface area contributed by atoms with Crippen molar-refractivity contribution in [3.05, 3.63) is 73.1 Å². The quantitative estimate of drug-likeness (QED) is 0.771. The monoisotopic (exact) mass is 290 g/mol. The molecule has 5 heteroatoms. The van der Waals surface area contributed by atoms with Crippen molar-refractivity contribution in [1.29, 1.82) is 0 Å². The van der Waals surface area contributed by atoms with Crippen molar-refractivity contribution in [1.82, 2.24) is 9.97 Å². The van der Waals surface area contributed by atoms with Gasteiger partial charge >= 0.3 is 6.03 Å². The second-order valence-electron chi connectivity index (χ2n) is 4.59. The van der Waals surface area contributed by atoms with Gasteiger partial charge in [0.15, 0.2) is 0 Å². The van der Waals surface area contributed by atoms with Gasteiger partial charge in [-0.25, -0.2) is 14.8 Å². The van der Waals surface area contributed by atoms with Gasteiger partial charge in [0.25, 0.3) is 0 Å². The summed E-state index contributed by atoms with van der Waals surface area (Å²) in [5, 5.41) is 5.30. The van der Waals surface area contributed by atoms with E-state index in [0.717, 1.165) is 11.1 Å². The van der Waals surface area contributed by atoms with Gasteiger partial charge in [-0.3, -0.25) is 5.32 Å². The molecule has 0 saturated carbocycles. The van der Waals surface area contributed by atoms with Crippen molar-refractivity contribution in [2.45, 2.75) is 0 Å². The lowest BCUT2D eigenvalue weighted by Crippen LogP contribution is -2.20. The van der Waals surface area contributed by atoms with Gasteiger partial charge in [0.1, 0.15) is 0 Å². The highest BCUT2D eigenvalue weighted by Crippen LogP contribution is 2.20. The van der Waals surface area contributed by atoms with Gasteiger partial charge in [0, 0.05) is 18.1 Å². The van der Waals surface area contributed by atoms with E-state index in [2.05, 4.69) is 20.6 Å². The predicted octanol–water partition coefficient (Wildman–Crippen LogP) is 3.79. The summed E-state index contributed by atoms with van der Waals surface area (Å²) >= 11 is 0. The first kappa shape index (κ1) is 13.8. The third-order valence-corrected chi connectivity index (χ3v) is 3.04. The van der Waals surface area contributed by atoms with Gasteiger partial charge in [0.05, 0.1) is 0 Å². The maximum absolute atomic E-state index is 11.8. The Bertz CT molecular complexity index is 743. The minimum absolute atomic E-state index is 0.265. The second-order valence-corrected chi connectivity index (χ2v) is 4.59. The van der Waals surface area contributed by atoms with Gasteiger partial charge in [-0.1, -0.05) is 42.5 Å². The Balaban J connectivity index is 1.65. The summed E-state index contributed by atoms with van der Waals surface area (Å²) < 4.78 is 0. The number of nitrogens with one attached hydrogen (secondary N) is 2. The number of nitrogens with zero attached hydrogens (tertiary/aromatic N) is 2. The molecule has 0 atom stereocenters. The van der Waals surface area contributed by atoms with E-state index in [4.69, 9.17) is 0 Å². The molecule has 0 fully saturated rings. The van der Waals surface area contributed by atoms with Crippen molar-refractivity contribution >= 4 is 17.7 Å². The standard InChI is InChI=1S/C17H14N4O/c22-17(21-16-18-11-4-12-19-16)20-15-9-7-14(8-10-15)13-5-2-1-3-6-13/h1-12H,(H2,18,19,20,21,22). The van der Waals surface area contributed by atoms with Gasteiger partial charge in [-0.2, -0.15) is 0 Å². The molecule has 0 spiro atoms. The molecule has 0 unspecified atom stereocenters. The number of hydrogen-bond donors (Lipinski definition) is 2. The Kier molecular flexibility index (Phi) is 4.06. The third-order valence-electron chi connectivity index (χ3n) is 3.04. The molecule has 2 aromatic carbocycles. The molecule has 3 aromatic rings. The Morgan fingerprint density at radius 1 is 0.727 bits per heavy atom. The van der Waals surface area contributed by atoms with Crippen LogP contribution >= 0.6 is 0 Å². The largest absolute Gasteiger partial charge is 0.326 e. The first-order chi connectivity index (χ1) is 10.8. The van der Waals surface area contributed by atoms with Crippen molar-refractivity contribution < 1.29 is 4.79 Å². The molecule has 5 nitrogen and oxygen atoms in total. The number of aromatic nitrogens is 2. The SMILES string of the molecule is O=C(Nc1ccc(-c2ccccc2)cc1)Nc1ncccn1.